The van der Waals surface area contributed by atoms with E-state index in [1.807, 2.05) is 20.8 Å². The Labute approximate surface area is 159 Å². The van der Waals surface area contributed by atoms with Crippen LogP contribution in [0.4, 0.5) is 0 Å². The van der Waals surface area contributed by atoms with E-state index >= 15 is 0 Å². The van der Waals surface area contributed by atoms with E-state index in [1.165, 1.54) is 0 Å². The van der Waals surface area contributed by atoms with E-state index in [9.17, 15) is 19.8 Å². The Balaban J connectivity index is 4.09. The summed E-state index contributed by atoms with van der Waals surface area (Å²) in [6.45, 7) is 13.2. The highest BCUT2D eigenvalue weighted by Crippen LogP contribution is 2.33. The van der Waals surface area contributed by atoms with E-state index in [0.717, 1.165) is 19.3 Å². The summed E-state index contributed by atoms with van der Waals surface area (Å²) in [5.74, 6) is -0.231. The van der Waals surface area contributed by atoms with Gasteiger partial charge >= 0.3 is 0 Å². The van der Waals surface area contributed by atoms with Crippen LogP contribution in [0, 0.1) is 10.8 Å². The SMILES string of the molecule is CCCCNC(=O)CC(O)CC(O)CCNC(=O)C(C)(C)CC(C)(C)C. The molecule has 0 saturated heterocycles. The lowest BCUT2D eigenvalue weighted by Crippen LogP contribution is -2.40. The molecule has 0 fully saturated rings. The van der Waals surface area contributed by atoms with Gasteiger partial charge in [0.15, 0.2) is 0 Å². The van der Waals surface area contributed by atoms with Gasteiger partial charge in [0, 0.05) is 18.5 Å². The topological polar surface area (TPSA) is 98.7 Å². The van der Waals surface area contributed by atoms with Crippen molar-refractivity contribution in [2.45, 2.75) is 92.3 Å². The maximum absolute atomic E-state index is 12.3. The van der Waals surface area contributed by atoms with Gasteiger partial charge < -0.3 is 20.8 Å². The standard InChI is InChI=1S/C20H40N2O4/c1-7-8-10-21-17(25)13-16(24)12-15(23)9-11-22-18(26)20(5,6)14-19(2,3)4/h15-16,23-24H,7-14H2,1-6H3,(H,21,25)(H,22,26). The van der Waals surface area contributed by atoms with Gasteiger partial charge in [-0.3, -0.25) is 9.59 Å². The molecule has 0 aliphatic heterocycles. The summed E-state index contributed by atoms with van der Waals surface area (Å²) in [7, 11) is 0. The van der Waals surface area contributed by atoms with E-state index in [-0.39, 0.29) is 30.1 Å². The summed E-state index contributed by atoms with van der Waals surface area (Å²) >= 11 is 0. The minimum atomic E-state index is -0.875. The first kappa shape index (κ1) is 24.9. The third-order valence-electron chi connectivity index (χ3n) is 4.17. The monoisotopic (exact) mass is 372 g/mol. The highest BCUT2D eigenvalue weighted by atomic mass is 16.3. The average Bonchev–Trinajstić information content (AvgIpc) is 2.44. The second-order valence-corrected chi connectivity index (χ2v) is 9.12. The lowest BCUT2D eigenvalue weighted by molar-refractivity contribution is -0.130. The summed E-state index contributed by atoms with van der Waals surface area (Å²) < 4.78 is 0. The van der Waals surface area contributed by atoms with Crippen LogP contribution < -0.4 is 10.6 Å². The van der Waals surface area contributed by atoms with Crippen molar-refractivity contribution < 1.29 is 19.8 Å². The molecule has 0 heterocycles. The number of aliphatic hydroxyl groups is 2. The van der Waals surface area contributed by atoms with E-state index in [4.69, 9.17) is 0 Å². The molecule has 2 unspecified atom stereocenters. The molecule has 154 valence electrons. The molecule has 0 aromatic heterocycles. The van der Waals surface area contributed by atoms with Crippen LogP contribution in [-0.2, 0) is 9.59 Å². The molecule has 26 heavy (non-hydrogen) atoms. The van der Waals surface area contributed by atoms with Crippen LogP contribution in [0.2, 0.25) is 0 Å². The fourth-order valence-corrected chi connectivity index (χ4v) is 3.20. The molecule has 0 radical (unpaired) electrons. The third kappa shape index (κ3) is 12.3. The van der Waals surface area contributed by atoms with Gasteiger partial charge in [0.1, 0.15) is 0 Å². The average molecular weight is 373 g/mol. The van der Waals surface area contributed by atoms with Crippen molar-refractivity contribution in [1.29, 1.82) is 0 Å². The molecule has 2 amide bonds. The van der Waals surface area contributed by atoms with Gasteiger partial charge in [-0.05, 0) is 31.1 Å². The van der Waals surface area contributed by atoms with Crippen LogP contribution in [-0.4, -0.2) is 47.3 Å². The summed E-state index contributed by atoms with van der Waals surface area (Å²) in [6.07, 6.45) is 1.52. The van der Waals surface area contributed by atoms with Crippen LogP contribution >= 0.6 is 0 Å². The maximum atomic E-state index is 12.3. The minimum Gasteiger partial charge on any atom is -0.393 e. The molecule has 4 N–H and O–H groups in total. The number of aliphatic hydroxyl groups excluding tert-OH is 2. The number of carbonyl (C=O) groups excluding carboxylic acids is 2. The van der Waals surface area contributed by atoms with Gasteiger partial charge in [0.05, 0.1) is 18.6 Å². The fraction of sp³-hybridized carbons (Fsp3) is 0.900. The fourth-order valence-electron chi connectivity index (χ4n) is 3.20. The van der Waals surface area contributed by atoms with Crippen LogP contribution in [0.15, 0.2) is 0 Å². The molecule has 0 aromatic carbocycles. The molecule has 0 spiro atoms. The molecular weight excluding hydrogens is 332 g/mol. The van der Waals surface area contributed by atoms with Crippen molar-refractivity contribution in [3.63, 3.8) is 0 Å². The quantitative estimate of drug-likeness (QED) is 0.395. The Morgan fingerprint density at radius 1 is 0.962 bits per heavy atom. The van der Waals surface area contributed by atoms with Crippen LogP contribution in [0.3, 0.4) is 0 Å². The highest BCUT2D eigenvalue weighted by Gasteiger charge is 2.32. The Bertz CT molecular complexity index is 430. The zero-order valence-corrected chi connectivity index (χ0v) is 17.5. The molecule has 6 heteroatoms. The van der Waals surface area contributed by atoms with E-state index in [0.29, 0.717) is 19.5 Å². The van der Waals surface area contributed by atoms with Gasteiger partial charge in [0.25, 0.3) is 0 Å². The third-order valence-corrected chi connectivity index (χ3v) is 4.17. The number of nitrogens with one attached hydrogen (secondary N) is 2. The number of hydrogen-bond acceptors (Lipinski definition) is 4. The zero-order valence-electron chi connectivity index (χ0n) is 17.5. The lowest BCUT2D eigenvalue weighted by Gasteiger charge is -2.31. The van der Waals surface area contributed by atoms with Crippen molar-refractivity contribution in [3.8, 4) is 0 Å². The number of unbranched alkanes of at least 4 members (excludes halogenated alkanes) is 1. The summed E-state index contributed by atoms with van der Waals surface area (Å²) in [6, 6.07) is 0. The molecule has 2 atom stereocenters. The predicted octanol–water partition coefficient (Wildman–Crippen LogP) is 2.37. The second-order valence-electron chi connectivity index (χ2n) is 9.12. The molecule has 0 aliphatic carbocycles. The smallest absolute Gasteiger partial charge is 0.225 e. The van der Waals surface area contributed by atoms with Gasteiger partial charge in [-0.15, -0.1) is 0 Å². The Kier molecular flexibility index (Phi) is 11.0. The predicted molar refractivity (Wildman–Crippen MR) is 105 cm³/mol. The molecule has 0 bridgehead atoms. The summed E-state index contributed by atoms with van der Waals surface area (Å²) in [4.78, 5) is 23.9. The van der Waals surface area contributed by atoms with Gasteiger partial charge in [-0.1, -0.05) is 48.0 Å². The second kappa shape index (κ2) is 11.5. The van der Waals surface area contributed by atoms with Gasteiger partial charge in [-0.25, -0.2) is 0 Å². The minimum absolute atomic E-state index is 0.00819. The number of hydrogen-bond donors (Lipinski definition) is 4. The summed E-state index contributed by atoms with van der Waals surface area (Å²) in [5, 5.41) is 25.5. The molecule has 0 aliphatic rings. The van der Waals surface area contributed by atoms with Crippen molar-refractivity contribution in [1.82, 2.24) is 10.6 Å². The van der Waals surface area contributed by atoms with Crippen molar-refractivity contribution in [2.75, 3.05) is 13.1 Å². The first-order valence-corrected chi connectivity index (χ1v) is 9.78. The van der Waals surface area contributed by atoms with Crippen molar-refractivity contribution in [3.05, 3.63) is 0 Å². The van der Waals surface area contributed by atoms with Crippen molar-refractivity contribution >= 4 is 11.8 Å². The van der Waals surface area contributed by atoms with Crippen LogP contribution in [0.25, 0.3) is 0 Å². The Hall–Kier alpha value is -1.14. The zero-order chi connectivity index (χ0) is 20.4. The number of amides is 2. The highest BCUT2D eigenvalue weighted by molar-refractivity contribution is 5.81. The first-order chi connectivity index (χ1) is 11.9. The number of rotatable bonds is 12. The molecule has 0 saturated carbocycles. The molecule has 6 nitrogen and oxygen atoms in total. The van der Waals surface area contributed by atoms with Crippen molar-refractivity contribution in [2.24, 2.45) is 10.8 Å². The molecule has 0 aromatic rings. The maximum Gasteiger partial charge on any atom is 0.225 e. The summed E-state index contributed by atoms with van der Waals surface area (Å²) in [5.41, 5.74) is -0.415. The van der Waals surface area contributed by atoms with Crippen LogP contribution in [0.1, 0.15) is 80.1 Å². The van der Waals surface area contributed by atoms with Gasteiger partial charge in [-0.2, -0.15) is 0 Å². The Morgan fingerprint density at radius 2 is 1.58 bits per heavy atom. The Morgan fingerprint density at radius 3 is 2.12 bits per heavy atom. The molecular formula is C20H40N2O4. The van der Waals surface area contributed by atoms with E-state index in [1.54, 1.807) is 0 Å². The lowest BCUT2D eigenvalue weighted by atomic mass is 9.76. The van der Waals surface area contributed by atoms with E-state index < -0.39 is 17.6 Å². The van der Waals surface area contributed by atoms with Crippen LogP contribution in [0.5, 0.6) is 0 Å². The largest absolute Gasteiger partial charge is 0.393 e. The normalized spacial score (nSPS) is 14.6. The first-order valence-electron chi connectivity index (χ1n) is 9.78. The van der Waals surface area contributed by atoms with Gasteiger partial charge in [0.2, 0.25) is 11.8 Å². The molecule has 0 rings (SSSR count). The number of carbonyl (C=O) groups is 2. The van der Waals surface area contributed by atoms with E-state index in [2.05, 4.69) is 31.4 Å².